The van der Waals surface area contributed by atoms with E-state index in [4.69, 9.17) is 0 Å². The summed E-state index contributed by atoms with van der Waals surface area (Å²) in [6.45, 7) is 2.05. The molecule has 1 unspecified atom stereocenters. The van der Waals surface area contributed by atoms with Crippen LogP contribution in [0.25, 0.3) is 0 Å². The molecule has 2 aliphatic rings. The lowest BCUT2D eigenvalue weighted by atomic mass is 9.96. The lowest BCUT2D eigenvalue weighted by Crippen LogP contribution is -2.55. The molecule has 0 aromatic rings. The summed E-state index contributed by atoms with van der Waals surface area (Å²) in [4.78, 5) is 24.9. The van der Waals surface area contributed by atoms with Crippen LogP contribution in [0, 0.1) is 11.8 Å². The van der Waals surface area contributed by atoms with E-state index in [1.54, 1.807) is 0 Å². The Morgan fingerprint density at radius 1 is 1.43 bits per heavy atom. The Labute approximate surface area is 121 Å². The average molecular weight is 307 g/mol. The van der Waals surface area contributed by atoms with Crippen molar-refractivity contribution in [3.05, 3.63) is 0 Å². The van der Waals surface area contributed by atoms with Crippen molar-refractivity contribution in [3.8, 4) is 0 Å². The van der Waals surface area contributed by atoms with Gasteiger partial charge in [0, 0.05) is 13.1 Å². The normalized spacial score (nSPS) is 30.6. The van der Waals surface area contributed by atoms with Gasteiger partial charge in [-0.15, -0.1) is 0 Å². The predicted molar refractivity (Wildman–Crippen MR) is 69.3 cm³/mol. The first-order valence-corrected chi connectivity index (χ1v) is 7.14. The fourth-order valence-electron chi connectivity index (χ4n) is 2.89. The Morgan fingerprint density at radius 2 is 2.14 bits per heavy atom. The van der Waals surface area contributed by atoms with Crippen LogP contribution in [0.4, 0.5) is 13.2 Å². The zero-order chi connectivity index (χ0) is 15.6. The van der Waals surface area contributed by atoms with E-state index in [9.17, 15) is 22.8 Å². The number of alkyl halides is 3. The van der Waals surface area contributed by atoms with E-state index in [2.05, 4.69) is 10.6 Å². The van der Waals surface area contributed by atoms with Gasteiger partial charge in [0.1, 0.15) is 12.6 Å². The number of halogens is 3. The first kappa shape index (κ1) is 16.1. The molecule has 2 N–H and O–H groups in total. The van der Waals surface area contributed by atoms with Crippen molar-refractivity contribution in [1.82, 2.24) is 15.5 Å². The quantitative estimate of drug-likeness (QED) is 0.799. The van der Waals surface area contributed by atoms with E-state index in [1.165, 1.54) is 0 Å². The van der Waals surface area contributed by atoms with E-state index in [0.29, 0.717) is 19.4 Å². The summed E-state index contributed by atoms with van der Waals surface area (Å²) in [5, 5.41) is 5.71. The number of nitrogens with zero attached hydrogens (tertiary/aromatic N) is 1. The molecule has 21 heavy (non-hydrogen) atoms. The molecule has 3 atom stereocenters. The molecule has 0 spiro atoms. The van der Waals surface area contributed by atoms with Gasteiger partial charge in [0.2, 0.25) is 11.8 Å². The number of piperidine rings is 1. The molecule has 0 aliphatic carbocycles. The van der Waals surface area contributed by atoms with Crippen LogP contribution in [0.3, 0.4) is 0 Å². The summed E-state index contributed by atoms with van der Waals surface area (Å²) in [6.07, 6.45) is -3.55. The van der Waals surface area contributed by atoms with Crippen LogP contribution in [0.15, 0.2) is 0 Å². The minimum atomic E-state index is -4.41. The third-order valence-electron chi connectivity index (χ3n) is 4.07. The zero-order valence-electron chi connectivity index (χ0n) is 11.9. The summed E-state index contributed by atoms with van der Waals surface area (Å²) in [5.41, 5.74) is 0. The van der Waals surface area contributed by atoms with Gasteiger partial charge in [-0.3, -0.25) is 9.59 Å². The van der Waals surface area contributed by atoms with E-state index in [1.807, 2.05) is 6.92 Å². The molecule has 120 valence electrons. The second kappa shape index (κ2) is 6.21. The molecule has 0 radical (unpaired) electrons. The molecule has 0 bridgehead atoms. The maximum Gasteiger partial charge on any atom is 0.406 e. The van der Waals surface area contributed by atoms with Gasteiger partial charge in [0.05, 0.1) is 5.92 Å². The van der Waals surface area contributed by atoms with E-state index in [0.717, 1.165) is 11.4 Å². The maximum atomic E-state index is 12.4. The summed E-state index contributed by atoms with van der Waals surface area (Å²) < 4.78 is 37.2. The Bertz CT molecular complexity index is 414. The van der Waals surface area contributed by atoms with Gasteiger partial charge in [-0.25, -0.2) is 0 Å². The second-order valence-corrected chi connectivity index (χ2v) is 5.82. The Balaban J connectivity index is 1.93. The first-order chi connectivity index (χ1) is 9.78. The molecular weight excluding hydrogens is 287 g/mol. The highest BCUT2D eigenvalue weighted by Crippen LogP contribution is 2.22. The van der Waals surface area contributed by atoms with Crippen molar-refractivity contribution in [2.45, 2.75) is 32.0 Å². The van der Waals surface area contributed by atoms with E-state index in [-0.39, 0.29) is 24.3 Å². The summed E-state index contributed by atoms with van der Waals surface area (Å²) >= 11 is 0. The summed E-state index contributed by atoms with van der Waals surface area (Å²) in [7, 11) is 0. The highest BCUT2D eigenvalue weighted by atomic mass is 19.4. The van der Waals surface area contributed by atoms with Gasteiger partial charge < -0.3 is 15.5 Å². The Kier molecular flexibility index (Phi) is 4.75. The minimum absolute atomic E-state index is 0.0894. The molecule has 0 saturated carbocycles. The standard InChI is InChI=1S/C13H20F3N3O2/c1-8-5-17-6-9(8)11(20)18-10-3-2-4-19(12(10)21)7-13(14,15)16/h8-10,17H,2-7H2,1H3,(H,18,20)/t8-,9-,10?/m1/s1. The van der Waals surface area contributed by atoms with Crippen molar-refractivity contribution >= 4 is 11.8 Å². The molecule has 2 heterocycles. The number of amides is 2. The van der Waals surface area contributed by atoms with Gasteiger partial charge in [-0.05, 0) is 25.3 Å². The number of hydrogen-bond acceptors (Lipinski definition) is 3. The summed E-state index contributed by atoms with van der Waals surface area (Å²) in [6, 6.07) is -0.832. The topological polar surface area (TPSA) is 61.4 Å². The van der Waals surface area contributed by atoms with Crippen LogP contribution < -0.4 is 10.6 Å². The van der Waals surface area contributed by atoms with E-state index >= 15 is 0 Å². The van der Waals surface area contributed by atoms with Crippen molar-refractivity contribution in [1.29, 1.82) is 0 Å². The zero-order valence-corrected chi connectivity index (χ0v) is 11.9. The van der Waals surface area contributed by atoms with Gasteiger partial charge >= 0.3 is 6.18 Å². The van der Waals surface area contributed by atoms with Crippen LogP contribution in [0.5, 0.6) is 0 Å². The van der Waals surface area contributed by atoms with Gasteiger partial charge in [-0.2, -0.15) is 13.2 Å². The lowest BCUT2D eigenvalue weighted by molar-refractivity contribution is -0.165. The summed E-state index contributed by atoms with van der Waals surface area (Å²) in [5.74, 6) is -0.948. The lowest BCUT2D eigenvalue weighted by Gasteiger charge is -2.33. The van der Waals surface area contributed by atoms with Gasteiger partial charge in [-0.1, -0.05) is 6.92 Å². The average Bonchev–Trinajstić information content (AvgIpc) is 2.79. The van der Waals surface area contributed by atoms with Crippen LogP contribution in [0.1, 0.15) is 19.8 Å². The molecular formula is C13H20F3N3O2. The monoisotopic (exact) mass is 307 g/mol. The third kappa shape index (κ3) is 4.09. The number of nitrogens with one attached hydrogen (secondary N) is 2. The number of likely N-dealkylation sites (tertiary alicyclic amines) is 1. The number of hydrogen-bond donors (Lipinski definition) is 2. The fourth-order valence-corrected chi connectivity index (χ4v) is 2.89. The van der Waals surface area contributed by atoms with Gasteiger partial charge in [0.25, 0.3) is 0 Å². The second-order valence-electron chi connectivity index (χ2n) is 5.82. The van der Waals surface area contributed by atoms with E-state index < -0.39 is 24.7 Å². The van der Waals surface area contributed by atoms with Crippen molar-refractivity contribution < 1.29 is 22.8 Å². The van der Waals surface area contributed by atoms with Crippen LogP contribution in [-0.4, -0.2) is 55.1 Å². The largest absolute Gasteiger partial charge is 0.406 e. The highest BCUT2D eigenvalue weighted by molar-refractivity contribution is 5.89. The third-order valence-corrected chi connectivity index (χ3v) is 4.07. The van der Waals surface area contributed by atoms with Crippen molar-refractivity contribution in [3.63, 3.8) is 0 Å². The molecule has 2 rings (SSSR count). The molecule has 2 fully saturated rings. The molecule has 8 heteroatoms. The van der Waals surface area contributed by atoms with Gasteiger partial charge in [0.15, 0.2) is 0 Å². The number of rotatable bonds is 3. The number of carbonyl (C=O) groups is 2. The van der Waals surface area contributed by atoms with Crippen LogP contribution >= 0.6 is 0 Å². The molecule has 0 aromatic carbocycles. The smallest absolute Gasteiger partial charge is 0.344 e. The van der Waals surface area contributed by atoms with Crippen molar-refractivity contribution in [2.75, 3.05) is 26.2 Å². The minimum Gasteiger partial charge on any atom is -0.344 e. The Morgan fingerprint density at radius 3 is 2.71 bits per heavy atom. The first-order valence-electron chi connectivity index (χ1n) is 7.14. The fraction of sp³-hybridized carbons (Fsp3) is 0.846. The molecule has 5 nitrogen and oxygen atoms in total. The highest BCUT2D eigenvalue weighted by Gasteiger charge is 2.39. The molecule has 0 aromatic heterocycles. The Hall–Kier alpha value is -1.31. The molecule has 2 amide bonds. The molecule has 2 saturated heterocycles. The van der Waals surface area contributed by atoms with Crippen LogP contribution in [-0.2, 0) is 9.59 Å². The maximum absolute atomic E-state index is 12.4. The molecule has 2 aliphatic heterocycles. The number of carbonyl (C=O) groups excluding carboxylic acids is 2. The SMILES string of the molecule is C[C@@H]1CNC[C@H]1C(=O)NC1CCCN(CC(F)(F)F)C1=O. The predicted octanol–water partition coefficient (Wildman–Crippen LogP) is 0.511. The van der Waals surface area contributed by atoms with Crippen molar-refractivity contribution in [2.24, 2.45) is 11.8 Å². The van der Waals surface area contributed by atoms with Crippen LogP contribution in [0.2, 0.25) is 0 Å².